The molecule has 118 valence electrons. The van der Waals surface area contributed by atoms with Crippen LogP contribution in [0.4, 0.5) is 0 Å². The van der Waals surface area contributed by atoms with Gasteiger partial charge in [-0.25, -0.2) is 4.68 Å². The van der Waals surface area contributed by atoms with Gasteiger partial charge in [0, 0.05) is 5.75 Å². The Balaban J connectivity index is 1.41. The first-order valence-electron chi connectivity index (χ1n) is 8.02. The highest BCUT2D eigenvalue weighted by molar-refractivity contribution is 7.99. The zero-order valence-electron chi connectivity index (χ0n) is 12.7. The number of nitrogens with zero attached hydrogens (tertiary/aromatic N) is 4. The minimum atomic E-state index is 0.492. The fraction of sp³-hybridized carbons (Fsp3) is 0.562. The predicted molar refractivity (Wildman–Crippen MR) is 87.2 cm³/mol. The van der Waals surface area contributed by atoms with Crippen molar-refractivity contribution in [2.75, 3.05) is 12.4 Å². The van der Waals surface area contributed by atoms with Crippen LogP contribution in [0, 0.1) is 0 Å². The lowest BCUT2D eigenvalue weighted by molar-refractivity contribution is 0.307. The molecule has 6 heteroatoms. The van der Waals surface area contributed by atoms with Crippen molar-refractivity contribution in [3.8, 4) is 5.75 Å². The zero-order valence-corrected chi connectivity index (χ0v) is 13.5. The van der Waals surface area contributed by atoms with Crippen molar-refractivity contribution in [1.82, 2.24) is 20.2 Å². The van der Waals surface area contributed by atoms with Crippen molar-refractivity contribution >= 4 is 11.8 Å². The number of hydrogen-bond donors (Lipinski definition) is 0. The fourth-order valence-corrected chi connectivity index (χ4v) is 3.62. The summed E-state index contributed by atoms with van der Waals surface area (Å²) in [4.78, 5) is 0. The molecule has 0 radical (unpaired) electrons. The second-order valence-corrected chi connectivity index (χ2v) is 6.62. The van der Waals surface area contributed by atoms with Gasteiger partial charge in [0.1, 0.15) is 5.75 Å². The third-order valence-corrected chi connectivity index (χ3v) is 4.93. The molecule has 5 nitrogen and oxygen atoms in total. The summed E-state index contributed by atoms with van der Waals surface area (Å²) in [5.41, 5.74) is 0. The predicted octanol–water partition coefficient (Wildman–Crippen LogP) is 3.74. The van der Waals surface area contributed by atoms with Crippen molar-refractivity contribution < 1.29 is 4.74 Å². The Bertz CT molecular complexity index is 554. The van der Waals surface area contributed by atoms with Crippen molar-refractivity contribution in [3.63, 3.8) is 0 Å². The van der Waals surface area contributed by atoms with Gasteiger partial charge >= 0.3 is 0 Å². The maximum Gasteiger partial charge on any atom is 0.209 e. The lowest BCUT2D eigenvalue weighted by atomic mass is 9.96. The highest BCUT2D eigenvalue weighted by Crippen LogP contribution is 2.30. The van der Waals surface area contributed by atoms with Gasteiger partial charge in [0.2, 0.25) is 5.16 Å². The molecule has 1 fully saturated rings. The topological polar surface area (TPSA) is 52.8 Å². The smallest absolute Gasteiger partial charge is 0.209 e. The Morgan fingerprint density at radius 3 is 2.77 bits per heavy atom. The number of thioether (sulfide) groups is 1. The zero-order chi connectivity index (χ0) is 15.0. The van der Waals surface area contributed by atoms with Crippen LogP contribution >= 0.6 is 11.8 Å². The number of aromatic nitrogens is 4. The molecule has 1 heterocycles. The largest absolute Gasteiger partial charge is 0.494 e. The third kappa shape index (κ3) is 4.22. The van der Waals surface area contributed by atoms with Gasteiger partial charge in [0.15, 0.2) is 0 Å². The number of tetrazole rings is 1. The van der Waals surface area contributed by atoms with Crippen LogP contribution in [0.1, 0.15) is 44.6 Å². The molecule has 0 amide bonds. The van der Waals surface area contributed by atoms with E-state index < -0.39 is 0 Å². The lowest BCUT2D eigenvalue weighted by Crippen LogP contribution is -2.15. The molecule has 0 unspecified atom stereocenters. The summed E-state index contributed by atoms with van der Waals surface area (Å²) in [6.07, 6.45) is 7.32. The third-order valence-electron chi connectivity index (χ3n) is 3.91. The number of rotatable bonds is 7. The van der Waals surface area contributed by atoms with E-state index >= 15 is 0 Å². The van der Waals surface area contributed by atoms with Crippen LogP contribution in [0.2, 0.25) is 0 Å². The summed E-state index contributed by atoms with van der Waals surface area (Å²) in [6.45, 7) is 0.724. The molecule has 1 aromatic heterocycles. The maximum absolute atomic E-state index is 5.70. The van der Waals surface area contributed by atoms with E-state index in [1.165, 1.54) is 32.1 Å². The van der Waals surface area contributed by atoms with Crippen molar-refractivity contribution in [3.05, 3.63) is 30.3 Å². The second kappa shape index (κ2) is 8.17. The summed E-state index contributed by atoms with van der Waals surface area (Å²) in [5.74, 6) is 1.90. The Labute approximate surface area is 135 Å². The minimum Gasteiger partial charge on any atom is -0.494 e. The van der Waals surface area contributed by atoms with E-state index in [9.17, 15) is 0 Å². The molecule has 0 N–H and O–H groups in total. The molecule has 0 saturated heterocycles. The molecular weight excluding hydrogens is 296 g/mol. The van der Waals surface area contributed by atoms with E-state index in [2.05, 4.69) is 15.5 Å². The summed E-state index contributed by atoms with van der Waals surface area (Å²) < 4.78 is 7.73. The lowest BCUT2D eigenvalue weighted by Gasteiger charge is -2.21. The van der Waals surface area contributed by atoms with Gasteiger partial charge in [-0.05, 0) is 41.8 Å². The van der Waals surface area contributed by atoms with Crippen molar-refractivity contribution in [2.45, 2.75) is 49.7 Å². The molecule has 1 saturated carbocycles. The molecule has 3 rings (SSSR count). The molecular formula is C16H22N4OS. The quantitative estimate of drug-likeness (QED) is 0.575. The molecule has 0 bridgehead atoms. The van der Waals surface area contributed by atoms with Crippen LogP contribution in [0.25, 0.3) is 0 Å². The van der Waals surface area contributed by atoms with Crippen molar-refractivity contribution in [1.29, 1.82) is 0 Å². The fourth-order valence-electron chi connectivity index (χ4n) is 2.76. The molecule has 0 spiro atoms. The summed E-state index contributed by atoms with van der Waals surface area (Å²) >= 11 is 1.73. The summed E-state index contributed by atoms with van der Waals surface area (Å²) in [6, 6.07) is 10.4. The summed E-state index contributed by atoms with van der Waals surface area (Å²) in [7, 11) is 0. The Kier molecular flexibility index (Phi) is 5.70. The van der Waals surface area contributed by atoms with Gasteiger partial charge < -0.3 is 4.74 Å². The first kappa shape index (κ1) is 15.3. The van der Waals surface area contributed by atoms with Gasteiger partial charge in [-0.15, -0.1) is 5.10 Å². The van der Waals surface area contributed by atoms with Crippen LogP contribution in [-0.2, 0) is 0 Å². The monoisotopic (exact) mass is 318 g/mol. The number of para-hydroxylation sites is 1. The van der Waals surface area contributed by atoms with Crippen LogP contribution in [0.15, 0.2) is 35.5 Å². The normalized spacial score (nSPS) is 15.8. The maximum atomic E-state index is 5.70. The molecule has 22 heavy (non-hydrogen) atoms. The molecule has 1 aliphatic rings. The first-order chi connectivity index (χ1) is 10.9. The number of benzene rings is 1. The van der Waals surface area contributed by atoms with Crippen LogP contribution in [-0.4, -0.2) is 32.6 Å². The number of hydrogen-bond acceptors (Lipinski definition) is 5. The van der Waals surface area contributed by atoms with E-state index in [1.807, 2.05) is 35.0 Å². The van der Waals surface area contributed by atoms with Gasteiger partial charge in [-0.3, -0.25) is 0 Å². The average molecular weight is 318 g/mol. The van der Waals surface area contributed by atoms with Gasteiger partial charge in [-0.2, -0.15) is 0 Å². The van der Waals surface area contributed by atoms with Gasteiger partial charge in [0.25, 0.3) is 0 Å². The Hall–Kier alpha value is -1.56. The minimum absolute atomic E-state index is 0.492. The van der Waals surface area contributed by atoms with Crippen LogP contribution < -0.4 is 4.74 Å². The van der Waals surface area contributed by atoms with E-state index in [0.29, 0.717) is 6.04 Å². The standard InChI is InChI=1S/C16H22N4OS/c1-3-8-14(9-4-1)20-16(17-18-19-20)22-13-7-12-21-15-10-5-2-6-11-15/h2,5-6,10-11,14H,1,3-4,7-9,12-13H2. The Morgan fingerprint density at radius 1 is 1.14 bits per heavy atom. The highest BCUT2D eigenvalue weighted by Gasteiger charge is 2.19. The van der Waals surface area contributed by atoms with E-state index in [0.717, 1.165) is 29.7 Å². The van der Waals surface area contributed by atoms with Gasteiger partial charge in [-0.1, -0.05) is 49.2 Å². The van der Waals surface area contributed by atoms with Crippen LogP contribution in [0.3, 0.4) is 0 Å². The SMILES string of the molecule is c1ccc(OCCCSc2nnnn2C2CCCCC2)cc1. The average Bonchev–Trinajstić information content (AvgIpc) is 3.05. The molecule has 1 aromatic carbocycles. The van der Waals surface area contributed by atoms with Crippen molar-refractivity contribution in [2.24, 2.45) is 0 Å². The van der Waals surface area contributed by atoms with Gasteiger partial charge in [0.05, 0.1) is 12.6 Å². The van der Waals surface area contributed by atoms with E-state index in [4.69, 9.17) is 4.74 Å². The number of ether oxygens (including phenoxy) is 1. The highest BCUT2D eigenvalue weighted by atomic mass is 32.2. The van der Waals surface area contributed by atoms with Crippen LogP contribution in [0.5, 0.6) is 5.75 Å². The molecule has 2 aromatic rings. The van der Waals surface area contributed by atoms with E-state index in [-0.39, 0.29) is 0 Å². The Morgan fingerprint density at radius 2 is 1.95 bits per heavy atom. The molecule has 1 aliphatic carbocycles. The summed E-state index contributed by atoms with van der Waals surface area (Å²) in [5, 5.41) is 13.2. The molecule has 0 aliphatic heterocycles. The molecule has 0 atom stereocenters. The second-order valence-electron chi connectivity index (χ2n) is 5.56. The first-order valence-corrected chi connectivity index (χ1v) is 9.00. The van der Waals surface area contributed by atoms with E-state index in [1.54, 1.807) is 11.8 Å².